The topological polar surface area (TPSA) is 42.4 Å². The second-order valence-corrected chi connectivity index (χ2v) is 8.70. The van der Waals surface area contributed by atoms with Crippen molar-refractivity contribution in [2.24, 2.45) is 5.92 Å². The van der Waals surface area contributed by atoms with Crippen molar-refractivity contribution in [1.29, 1.82) is 0 Å². The summed E-state index contributed by atoms with van der Waals surface area (Å²) in [5.41, 5.74) is 3.33. The highest BCUT2D eigenvalue weighted by molar-refractivity contribution is 5.87. The van der Waals surface area contributed by atoms with Gasteiger partial charge in [-0.2, -0.15) is 0 Å². The van der Waals surface area contributed by atoms with Crippen LogP contribution in [0.25, 0.3) is 10.8 Å². The van der Waals surface area contributed by atoms with Gasteiger partial charge in [0, 0.05) is 36.8 Å². The van der Waals surface area contributed by atoms with E-state index in [9.17, 15) is 4.79 Å². The van der Waals surface area contributed by atoms with E-state index in [4.69, 9.17) is 4.74 Å². The fourth-order valence-electron chi connectivity index (χ4n) is 4.83. The molecular weight excluding hydrogens is 408 g/mol. The van der Waals surface area contributed by atoms with E-state index >= 15 is 0 Å². The molecular formula is C29H28N2O2. The zero-order valence-corrected chi connectivity index (χ0v) is 18.6. The van der Waals surface area contributed by atoms with Crippen LogP contribution >= 0.6 is 0 Å². The third kappa shape index (κ3) is 4.81. The molecule has 4 aromatic rings. The van der Waals surface area contributed by atoms with Crippen LogP contribution < -0.4 is 0 Å². The molecule has 5 rings (SSSR count). The molecule has 1 aliphatic rings. The number of fused-ring (bicyclic) bond motifs is 1. The first-order valence-electron chi connectivity index (χ1n) is 11.6. The molecule has 33 heavy (non-hydrogen) atoms. The Hall–Kier alpha value is -3.50. The number of nitrogens with zero attached hydrogens (tertiary/aromatic N) is 2. The molecule has 1 aromatic heterocycles. The number of ether oxygens (including phenoxy) is 1. The largest absolute Gasteiger partial charge is 0.379 e. The zero-order valence-electron chi connectivity index (χ0n) is 18.6. The predicted molar refractivity (Wildman–Crippen MR) is 131 cm³/mol. The summed E-state index contributed by atoms with van der Waals surface area (Å²) < 4.78 is 5.96. The fourth-order valence-corrected chi connectivity index (χ4v) is 4.83. The minimum absolute atomic E-state index is 0.144. The van der Waals surface area contributed by atoms with Gasteiger partial charge in [-0.25, -0.2) is 0 Å². The molecule has 3 aromatic carbocycles. The van der Waals surface area contributed by atoms with Gasteiger partial charge in [0.2, 0.25) is 5.91 Å². The molecule has 1 saturated heterocycles. The van der Waals surface area contributed by atoms with Crippen LogP contribution in [-0.4, -0.2) is 42.1 Å². The molecule has 1 aliphatic heterocycles. The van der Waals surface area contributed by atoms with Crippen molar-refractivity contribution >= 4 is 16.7 Å². The maximum absolute atomic E-state index is 13.9. The molecule has 1 unspecified atom stereocenters. The van der Waals surface area contributed by atoms with Crippen LogP contribution in [0.2, 0.25) is 0 Å². The predicted octanol–water partition coefficient (Wildman–Crippen LogP) is 5.08. The van der Waals surface area contributed by atoms with Crippen LogP contribution in [-0.2, 0) is 16.0 Å². The number of hydrogen-bond donors (Lipinski definition) is 0. The van der Waals surface area contributed by atoms with Gasteiger partial charge in [0.15, 0.2) is 0 Å². The Balaban J connectivity index is 1.41. The number of hydrogen-bond acceptors (Lipinski definition) is 3. The minimum Gasteiger partial charge on any atom is -0.379 e. The van der Waals surface area contributed by atoms with Crippen LogP contribution in [0.15, 0.2) is 97.3 Å². The highest BCUT2D eigenvalue weighted by Crippen LogP contribution is 2.29. The van der Waals surface area contributed by atoms with Gasteiger partial charge in [0.25, 0.3) is 0 Å². The summed E-state index contributed by atoms with van der Waals surface area (Å²) in [6.45, 7) is 2.53. The van der Waals surface area contributed by atoms with Crippen LogP contribution in [0.4, 0.5) is 0 Å². The first-order chi connectivity index (χ1) is 16.3. The van der Waals surface area contributed by atoms with E-state index in [-0.39, 0.29) is 17.7 Å². The molecule has 1 atom stereocenters. The van der Waals surface area contributed by atoms with Gasteiger partial charge < -0.3 is 9.64 Å². The van der Waals surface area contributed by atoms with E-state index in [0.717, 1.165) is 22.9 Å². The van der Waals surface area contributed by atoms with Crippen molar-refractivity contribution in [3.63, 3.8) is 0 Å². The SMILES string of the molecule is O=C(C(c1ccccc1)c1ccccc1)N1CCOCC(Cc2cccc3cnccc23)C1. The quantitative estimate of drug-likeness (QED) is 0.438. The highest BCUT2D eigenvalue weighted by Gasteiger charge is 2.30. The third-order valence-corrected chi connectivity index (χ3v) is 6.44. The van der Waals surface area contributed by atoms with E-state index in [1.165, 1.54) is 10.9 Å². The summed E-state index contributed by atoms with van der Waals surface area (Å²) in [4.78, 5) is 20.2. The lowest BCUT2D eigenvalue weighted by molar-refractivity contribution is -0.132. The number of benzene rings is 3. The number of carbonyl (C=O) groups excluding carboxylic acids is 1. The smallest absolute Gasteiger partial charge is 0.234 e. The van der Waals surface area contributed by atoms with Crippen molar-refractivity contribution in [2.45, 2.75) is 12.3 Å². The summed E-state index contributed by atoms with van der Waals surface area (Å²) in [7, 11) is 0. The molecule has 4 nitrogen and oxygen atoms in total. The second-order valence-electron chi connectivity index (χ2n) is 8.70. The molecule has 0 spiro atoms. The molecule has 0 N–H and O–H groups in total. The molecule has 1 fully saturated rings. The molecule has 0 bridgehead atoms. The summed E-state index contributed by atoms with van der Waals surface area (Å²) >= 11 is 0. The van der Waals surface area contributed by atoms with Gasteiger partial charge in [0.1, 0.15) is 0 Å². The Labute approximate surface area is 194 Å². The van der Waals surface area contributed by atoms with Crippen molar-refractivity contribution in [1.82, 2.24) is 9.88 Å². The van der Waals surface area contributed by atoms with E-state index < -0.39 is 0 Å². The first kappa shape index (κ1) is 21.4. The average Bonchev–Trinajstić information content (AvgIpc) is 3.11. The first-order valence-corrected chi connectivity index (χ1v) is 11.6. The maximum Gasteiger partial charge on any atom is 0.234 e. The lowest BCUT2D eigenvalue weighted by Gasteiger charge is -2.29. The number of carbonyl (C=O) groups is 1. The number of rotatable bonds is 5. The Morgan fingerprint density at radius 1 is 0.939 bits per heavy atom. The third-order valence-electron chi connectivity index (χ3n) is 6.44. The average molecular weight is 437 g/mol. The minimum atomic E-state index is -0.310. The Bertz CT molecular complexity index is 1170. The fraction of sp³-hybridized carbons (Fsp3) is 0.241. The van der Waals surface area contributed by atoms with Crippen LogP contribution in [0.3, 0.4) is 0 Å². The van der Waals surface area contributed by atoms with Crippen molar-refractivity contribution in [2.75, 3.05) is 26.3 Å². The standard InChI is InChI=1S/C29H28N2O2/c32-29(28(23-8-3-1-4-9-23)24-10-5-2-6-11-24)31-16-17-33-21-22(20-31)18-25-12-7-13-26-19-30-15-14-27(25)26/h1-15,19,22,28H,16-18,20-21H2. The van der Waals surface area contributed by atoms with Gasteiger partial charge in [0.05, 0.1) is 19.1 Å². The summed E-state index contributed by atoms with van der Waals surface area (Å²) in [5.74, 6) is 0.0715. The van der Waals surface area contributed by atoms with Gasteiger partial charge in [-0.15, -0.1) is 0 Å². The summed E-state index contributed by atoms with van der Waals surface area (Å²) in [6.07, 6.45) is 4.62. The summed E-state index contributed by atoms with van der Waals surface area (Å²) in [6, 6.07) is 28.6. The van der Waals surface area contributed by atoms with Crippen LogP contribution in [0.1, 0.15) is 22.6 Å². The second kappa shape index (κ2) is 9.97. The lowest BCUT2D eigenvalue weighted by Crippen LogP contribution is -2.39. The highest BCUT2D eigenvalue weighted by atomic mass is 16.5. The van der Waals surface area contributed by atoms with Crippen molar-refractivity contribution < 1.29 is 9.53 Å². The summed E-state index contributed by atoms with van der Waals surface area (Å²) in [5, 5.41) is 2.37. The maximum atomic E-state index is 13.9. The van der Waals surface area contributed by atoms with Gasteiger partial charge in [-0.3, -0.25) is 9.78 Å². The number of aromatic nitrogens is 1. The molecule has 0 radical (unpaired) electrons. The van der Waals surface area contributed by atoms with Crippen molar-refractivity contribution in [3.8, 4) is 0 Å². The van der Waals surface area contributed by atoms with E-state index in [1.54, 1.807) is 0 Å². The molecule has 0 saturated carbocycles. The van der Waals surface area contributed by atoms with E-state index in [1.807, 2.05) is 78.0 Å². The molecule has 4 heteroatoms. The zero-order chi connectivity index (χ0) is 22.5. The molecule has 2 heterocycles. The van der Waals surface area contributed by atoms with Crippen molar-refractivity contribution in [3.05, 3.63) is 114 Å². The van der Waals surface area contributed by atoms with Gasteiger partial charge in [-0.05, 0) is 34.6 Å². The van der Waals surface area contributed by atoms with Gasteiger partial charge in [-0.1, -0.05) is 78.9 Å². The van der Waals surface area contributed by atoms with E-state index in [0.29, 0.717) is 26.3 Å². The Morgan fingerprint density at radius 2 is 1.67 bits per heavy atom. The lowest BCUT2D eigenvalue weighted by atomic mass is 9.89. The molecule has 0 aliphatic carbocycles. The normalized spacial score (nSPS) is 16.6. The van der Waals surface area contributed by atoms with Crippen LogP contribution in [0.5, 0.6) is 0 Å². The van der Waals surface area contributed by atoms with Gasteiger partial charge >= 0.3 is 0 Å². The Kier molecular flexibility index (Phi) is 6.45. The molecule has 166 valence electrons. The van der Waals surface area contributed by atoms with Crippen LogP contribution in [0, 0.1) is 5.92 Å². The molecule has 1 amide bonds. The number of amides is 1. The Morgan fingerprint density at radius 3 is 2.39 bits per heavy atom. The monoisotopic (exact) mass is 436 g/mol. The number of pyridine rings is 1. The van der Waals surface area contributed by atoms with E-state index in [2.05, 4.69) is 29.2 Å².